The topological polar surface area (TPSA) is 49.8 Å². The molecule has 1 unspecified atom stereocenters. The lowest BCUT2D eigenvalue weighted by atomic mass is 9.89. The third-order valence-electron chi connectivity index (χ3n) is 3.68. The minimum Gasteiger partial charge on any atom is -0.483 e. The van der Waals surface area contributed by atoms with Gasteiger partial charge in [-0.3, -0.25) is 4.79 Å². The number of amides is 1. The first-order valence-electron chi connectivity index (χ1n) is 6.80. The second-order valence-electron chi connectivity index (χ2n) is 4.93. The van der Waals surface area contributed by atoms with Gasteiger partial charge in [-0.1, -0.05) is 12.1 Å². The van der Waals surface area contributed by atoms with Gasteiger partial charge in [-0.25, -0.2) is 0 Å². The number of hydrogen-bond acceptors (Lipinski definition) is 3. The van der Waals surface area contributed by atoms with Crippen LogP contribution < -0.4 is 4.74 Å². The van der Waals surface area contributed by atoms with Crippen LogP contribution in [0.4, 0.5) is 0 Å². The summed E-state index contributed by atoms with van der Waals surface area (Å²) in [6.45, 7) is 2.66. The highest BCUT2D eigenvalue weighted by atomic mass is 16.5. The highest BCUT2D eigenvalue weighted by molar-refractivity contribution is 5.77. The fraction of sp³-hybridized carbons (Fsp3) is 0.533. The van der Waals surface area contributed by atoms with Crippen LogP contribution in [0.1, 0.15) is 37.0 Å². The zero-order valence-electron chi connectivity index (χ0n) is 11.6. The van der Waals surface area contributed by atoms with E-state index >= 15 is 0 Å². The van der Waals surface area contributed by atoms with Crippen molar-refractivity contribution in [1.82, 2.24) is 4.90 Å². The van der Waals surface area contributed by atoms with Gasteiger partial charge in [0.05, 0.1) is 6.10 Å². The lowest BCUT2D eigenvalue weighted by Crippen LogP contribution is -2.31. The summed E-state index contributed by atoms with van der Waals surface area (Å²) in [5.41, 5.74) is 1.99. The molecule has 1 aliphatic carbocycles. The number of aliphatic hydroxyl groups excluding tert-OH is 1. The van der Waals surface area contributed by atoms with Gasteiger partial charge in [-0.15, -0.1) is 0 Å². The molecule has 19 heavy (non-hydrogen) atoms. The maximum Gasteiger partial charge on any atom is 0.260 e. The van der Waals surface area contributed by atoms with E-state index in [1.165, 1.54) is 0 Å². The van der Waals surface area contributed by atoms with Gasteiger partial charge in [-0.2, -0.15) is 0 Å². The van der Waals surface area contributed by atoms with Gasteiger partial charge in [0, 0.05) is 13.6 Å². The molecule has 2 rings (SSSR count). The number of ether oxygens (including phenoxy) is 1. The van der Waals surface area contributed by atoms with Crippen LogP contribution in [-0.2, 0) is 11.2 Å². The van der Waals surface area contributed by atoms with E-state index < -0.39 is 6.10 Å². The fourth-order valence-electron chi connectivity index (χ4n) is 2.35. The van der Waals surface area contributed by atoms with Gasteiger partial charge < -0.3 is 14.7 Å². The van der Waals surface area contributed by atoms with Crippen LogP contribution in [0.5, 0.6) is 5.75 Å². The number of likely N-dealkylation sites (N-methyl/N-ethyl adjacent to an activating group) is 1. The summed E-state index contributed by atoms with van der Waals surface area (Å²) >= 11 is 0. The third-order valence-corrected chi connectivity index (χ3v) is 3.68. The Morgan fingerprint density at radius 3 is 3.05 bits per heavy atom. The third kappa shape index (κ3) is 3.07. The molecule has 1 aliphatic rings. The molecule has 0 radical (unpaired) electrons. The molecule has 0 spiro atoms. The predicted octanol–water partition coefficient (Wildman–Crippen LogP) is 1.91. The lowest BCUT2D eigenvalue weighted by molar-refractivity contribution is -0.131. The van der Waals surface area contributed by atoms with Crippen molar-refractivity contribution in [3.8, 4) is 5.75 Å². The van der Waals surface area contributed by atoms with Gasteiger partial charge in [0.2, 0.25) is 0 Å². The molecule has 104 valence electrons. The molecule has 1 aromatic carbocycles. The normalized spacial score (nSPS) is 17.7. The van der Waals surface area contributed by atoms with Crippen LogP contribution in [0.3, 0.4) is 0 Å². The number of nitrogens with zero attached hydrogens (tertiary/aromatic N) is 1. The number of carbonyl (C=O) groups excluding carboxylic acids is 1. The highest BCUT2D eigenvalue weighted by Gasteiger charge is 2.21. The molecule has 1 amide bonds. The first kappa shape index (κ1) is 13.9. The Balaban J connectivity index is 2.09. The van der Waals surface area contributed by atoms with Crippen molar-refractivity contribution in [3.05, 3.63) is 29.3 Å². The molecule has 0 saturated heterocycles. The van der Waals surface area contributed by atoms with Crippen molar-refractivity contribution in [2.75, 3.05) is 20.2 Å². The molecule has 4 nitrogen and oxygen atoms in total. The number of aliphatic hydroxyl groups is 1. The van der Waals surface area contributed by atoms with E-state index in [0.717, 1.165) is 36.1 Å². The minimum atomic E-state index is -0.402. The highest BCUT2D eigenvalue weighted by Crippen LogP contribution is 2.35. The number of fused-ring (bicyclic) bond motifs is 1. The number of carbonyl (C=O) groups is 1. The van der Waals surface area contributed by atoms with Gasteiger partial charge in [0.25, 0.3) is 5.91 Å². The molecule has 1 atom stereocenters. The molecule has 0 bridgehead atoms. The van der Waals surface area contributed by atoms with Gasteiger partial charge in [0.1, 0.15) is 5.75 Å². The van der Waals surface area contributed by atoms with Gasteiger partial charge in [0.15, 0.2) is 6.61 Å². The van der Waals surface area contributed by atoms with Crippen LogP contribution in [0.2, 0.25) is 0 Å². The maximum absolute atomic E-state index is 11.7. The Labute approximate surface area is 114 Å². The van der Waals surface area contributed by atoms with Gasteiger partial charge >= 0.3 is 0 Å². The van der Waals surface area contributed by atoms with Crippen LogP contribution >= 0.6 is 0 Å². The van der Waals surface area contributed by atoms with Crippen molar-refractivity contribution < 1.29 is 14.6 Å². The quantitative estimate of drug-likeness (QED) is 0.902. The zero-order valence-corrected chi connectivity index (χ0v) is 11.6. The first-order valence-corrected chi connectivity index (χ1v) is 6.80. The maximum atomic E-state index is 11.7. The van der Waals surface area contributed by atoms with E-state index in [0.29, 0.717) is 6.54 Å². The molecule has 1 N–H and O–H groups in total. The SMILES string of the molecule is CCN(C)C(=O)COc1cccc2c1CCCC2O. The molecule has 0 heterocycles. The minimum absolute atomic E-state index is 0.0311. The van der Waals surface area contributed by atoms with Crippen LogP contribution in [0, 0.1) is 0 Å². The van der Waals surface area contributed by atoms with E-state index in [9.17, 15) is 9.90 Å². The monoisotopic (exact) mass is 263 g/mol. The largest absolute Gasteiger partial charge is 0.483 e. The molecule has 0 aromatic heterocycles. The molecule has 0 aliphatic heterocycles. The Morgan fingerprint density at radius 2 is 2.32 bits per heavy atom. The zero-order chi connectivity index (χ0) is 13.8. The van der Waals surface area contributed by atoms with E-state index in [1.54, 1.807) is 11.9 Å². The average Bonchev–Trinajstić information content (AvgIpc) is 2.44. The number of rotatable bonds is 4. The lowest BCUT2D eigenvalue weighted by Gasteiger charge is -2.24. The van der Waals surface area contributed by atoms with E-state index in [2.05, 4.69) is 0 Å². The molecular formula is C15H21NO3. The van der Waals surface area contributed by atoms with E-state index in [1.807, 2.05) is 25.1 Å². The molecule has 0 fully saturated rings. The van der Waals surface area contributed by atoms with Crippen molar-refractivity contribution in [3.63, 3.8) is 0 Å². The van der Waals surface area contributed by atoms with Crippen molar-refractivity contribution in [2.24, 2.45) is 0 Å². The fourth-order valence-corrected chi connectivity index (χ4v) is 2.35. The Morgan fingerprint density at radius 1 is 1.53 bits per heavy atom. The summed E-state index contributed by atoms with van der Waals surface area (Å²) in [4.78, 5) is 13.4. The van der Waals surface area contributed by atoms with Gasteiger partial charge in [-0.05, 0) is 43.4 Å². The predicted molar refractivity (Wildman–Crippen MR) is 73.1 cm³/mol. The van der Waals surface area contributed by atoms with Crippen molar-refractivity contribution in [1.29, 1.82) is 0 Å². The summed E-state index contributed by atoms with van der Waals surface area (Å²) in [7, 11) is 1.76. The van der Waals surface area contributed by atoms with Crippen molar-refractivity contribution in [2.45, 2.75) is 32.3 Å². The standard InChI is InChI=1S/C15H21NO3/c1-3-16(2)15(18)10-19-14-9-5-6-11-12(14)7-4-8-13(11)17/h5-6,9,13,17H,3-4,7-8,10H2,1-2H3. The summed E-state index contributed by atoms with van der Waals surface area (Å²) in [5.74, 6) is 0.700. The summed E-state index contributed by atoms with van der Waals surface area (Å²) in [5, 5.41) is 9.96. The molecule has 1 aromatic rings. The van der Waals surface area contributed by atoms with Crippen LogP contribution in [-0.4, -0.2) is 36.1 Å². The second-order valence-corrected chi connectivity index (χ2v) is 4.93. The smallest absolute Gasteiger partial charge is 0.260 e. The summed E-state index contributed by atoms with van der Waals surface area (Å²) in [6.07, 6.45) is 2.26. The molecule has 4 heteroatoms. The number of benzene rings is 1. The Kier molecular flexibility index (Phi) is 4.43. The summed E-state index contributed by atoms with van der Waals surface area (Å²) < 4.78 is 5.64. The molecular weight excluding hydrogens is 242 g/mol. The second kappa shape index (κ2) is 6.06. The van der Waals surface area contributed by atoms with E-state index in [-0.39, 0.29) is 12.5 Å². The molecule has 0 saturated carbocycles. The van der Waals surface area contributed by atoms with Crippen LogP contribution in [0.25, 0.3) is 0 Å². The Bertz CT molecular complexity index is 459. The number of hydrogen-bond donors (Lipinski definition) is 1. The van der Waals surface area contributed by atoms with Crippen molar-refractivity contribution >= 4 is 5.91 Å². The summed E-state index contributed by atoms with van der Waals surface area (Å²) in [6, 6.07) is 5.68. The van der Waals surface area contributed by atoms with Crippen LogP contribution in [0.15, 0.2) is 18.2 Å². The average molecular weight is 263 g/mol. The Hall–Kier alpha value is -1.55. The first-order chi connectivity index (χ1) is 9.13. The van der Waals surface area contributed by atoms with E-state index in [4.69, 9.17) is 4.74 Å².